The van der Waals surface area contributed by atoms with Crippen molar-refractivity contribution in [3.05, 3.63) is 22.7 Å². The summed E-state index contributed by atoms with van der Waals surface area (Å²) in [6.07, 6.45) is 5.21. The van der Waals surface area contributed by atoms with Crippen molar-refractivity contribution in [3.8, 4) is 0 Å². The fourth-order valence-electron chi connectivity index (χ4n) is 2.07. The quantitative estimate of drug-likeness (QED) is 0.826. The van der Waals surface area contributed by atoms with Crippen LogP contribution in [-0.2, 0) is 0 Å². The SMILES string of the molecule is Cl.O=C(NC1CCNCC1)c1nc2ncc(Br)cn2n1. The van der Waals surface area contributed by atoms with Crippen molar-refractivity contribution in [1.82, 2.24) is 30.2 Å². The first-order valence-electron chi connectivity index (χ1n) is 6.12. The number of amides is 1. The molecule has 0 radical (unpaired) electrons. The topological polar surface area (TPSA) is 84.2 Å². The van der Waals surface area contributed by atoms with E-state index in [-0.39, 0.29) is 30.2 Å². The molecule has 108 valence electrons. The number of carbonyl (C=O) groups excluding carboxylic acids is 1. The number of carbonyl (C=O) groups is 1. The highest BCUT2D eigenvalue weighted by Gasteiger charge is 2.19. The summed E-state index contributed by atoms with van der Waals surface area (Å²) in [7, 11) is 0. The van der Waals surface area contributed by atoms with Crippen LogP contribution < -0.4 is 10.6 Å². The van der Waals surface area contributed by atoms with Crippen molar-refractivity contribution >= 4 is 40.0 Å². The Morgan fingerprint density at radius 2 is 2.20 bits per heavy atom. The third-order valence-electron chi connectivity index (χ3n) is 3.04. The molecule has 0 aromatic carbocycles. The number of hydrogen-bond donors (Lipinski definition) is 2. The van der Waals surface area contributed by atoms with E-state index in [9.17, 15) is 4.79 Å². The highest BCUT2D eigenvalue weighted by Crippen LogP contribution is 2.08. The summed E-state index contributed by atoms with van der Waals surface area (Å²) in [5.74, 6) is 0.330. The predicted molar refractivity (Wildman–Crippen MR) is 79.1 cm³/mol. The zero-order chi connectivity index (χ0) is 13.2. The lowest BCUT2D eigenvalue weighted by Gasteiger charge is -2.22. The van der Waals surface area contributed by atoms with Gasteiger partial charge in [0.1, 0.15) is 0 Å². The van der Waals surface area contributed by atoms with Gasteiger partial charge in [-0.25, -0.2) is 9.50 Å². The zero-order valence-corrected chi connectivity index (χ0v) is 12.9. The van der Waals surface area contributed by atoms with Crippen LogP contribution in [0.25, 0.3) is 5.78 Å². The largest absolute Gasteiger partial charge is 0.346 e. The number of hydrogen-bond acceptors (Lipinski definition) is 5. The van der Waals surface area contributed by atoms with E-state index in [0.29, 0.717) is 5.78 Å². The van der Waals surface area contributed by atoms with Gasteiger partial charge in [0.05, 0.1) is 4.47 Å². The molecule has 9 heteroatoms. The highest BCUT2D eigenvalue weighted by atomic mass is 79.9. The Morgan fingerprint density at radius 3 is 2.95 bits per heavy atom. The van der Waals surface area contributed by atoms with Gasteiger partial charge in [0.2, 0.25) is 5.82 Å². The molecule has 0 unspecified atom stereocenters. The lowest BCUT2D eigenvalue weighted by Crippen LogP contribution is -2.43. The van der Waals surface area contributed by atoms with Crippen molar-refractivity contribution in [3.63, 3.8) is 0 Å². The van der Waals surface area contributed by atoms with E-state index in [2.05, 4.69) is 41.6 Å². The maximum atomic E-state index is 12.1. The minimum atomic E-state index is -0.242. The summed E-state index contributed by atoms with van der Waals surface area (Å²) in [5.41, 5.74) is 0. The zero-order valence-electron chi connectivity index (χ0n) is 10.5. The molecule has 1 aliphatic heterocycles. The van der Waals surface area contributed by atoms with Crippen LogP contribution in [0.4, 0.5) is 0 Å². The smallest absolute Gasteiger partial charge is 0.291 e. The second-order valence-electron chi connectivity index (χ2n) is 4.45. The molecule has 2 aromatic rings. The number of halogens is 2. The van der Waals surface area contributed by atoms with Gasteiger partial charge in [-0.15, -0.1) is 17.5 Å². The molecule has 20 heavy (non-hydrogen) atoms. The maximum absolute atomic E-state index is 12.1. The van der Waals surface area contributed by atoms with Crippen LogP contribution in [0.1, 0.15) is 23.5 Å². The van der Waals surface area contributed by atoms with Gasteiger partial charge in [-0.05, 0) is 41.9 Å². The molecular weight excluding hydrogens is 348 g/mol. The van der Waals surface area contributed by atoms with Crippen molar-refractivity contribution < 1.29 is 4.79 Å². The van der Waals surface area contributed by atoms with Gasteiger partial charge in [0.15, 0.2) is 0 Å². The summed E-state index contributed by atoms with van der Waals surface area (Å²) < 4.78 is 2.27. The molecule has 3 rings (SSSR count). The Balaban J connectivity index is 0.00000147. The van der Waals surface area contributed by atoms with Crippen LogP contribution in [0.3, 0.4) is 0 Å². The van der Waals surface area contributed by atoms with Crippen LogP contribution in [0.5, 0.6) is 0 Å². The molecular formula is C11H14BrClN6O. The molecule has 2 aromatic heterocycles. The molecule has 3 heterocycles. The first kappa shape index (κ1) is 15.1. The molecule has 2 N–H and O–H groups in total. The Bertz CT molecular complexity index is 612. The van der Waals surface area contributed by atoms with Gasteiger partial charge >= 0.3 is 0 Å². The molecule has 1 fully saturated rings. The number of fused-ring (bicyclic) bond motifs is 1. The fraction of sp³-hybridized carbons (Fsp3) is 0.455. The number of rotatable bonds is 2. The van der Waals surface area contributed by atoms with Gasteiger partial charge in [0.25, 0.3) is 11.7 Å². The van der Waals surface area contributed by atoms with Gasteiger partial charge in [-0.3, -0.25) is 4.79 Å². The highest BCUT2D eigenvalue weighted by molar-refractivity contribution is 9.10. The van der Waals surface area contributed by atoms with Crippen LogP contribution >= 0.6 is 28.3 Å². The molecule has 1 amide bonds. The monoisotopic (exact) mass is 360 g/mol. The molecule has 0 spiro atoms. The maximum Gasteiger partial charge on any atom is 0.291 e. The average molecular weight is 362 g/mol. The van der Waals surface area contributed by atoms with Crippen LogP contribution in [-0.4, -0.2) is 44.6 Å². The van der Waals surface area contributed by atoms with E-state index in [0.717, 1.165) is 30.4 Å². The Hall–Kier alpha value is -1.25. The van der Waals surface area contributed by atoms with E-state index in [1.54, 1.807) is 12.4 Å². The molecule has 0 bridgehead atoms. The van der Waals surface area contributed by atoms with Crippen molar-refractivity contribution in [2.75, 3.05) is 13.1 Å². The third-order valence-corrected chi connectivity index (χ3v) is 3.45. The molecule has 0 aliphatic carbocycles. The van der Waals surface area contributed by atoms with Gasteiger partial charge < -0.3 is 10.6 Å². The minimum Gasteiger partial charge on any atom is -0.346 e. The Labute approximate surface area is 130 Å². The first-order valence-corrected chi connectivity index (χ1v) is 6.91. The second kappa shape index (κ2) is 6.47. The van der Waals surface area contributed by atoms with Gasteiger partial charge in [0, 0.05) is 18.4 Å². The fourth-order valence-corrected chi connectivity index (χ4v) is 2.37. The summed E-state index contributed by atoms with van der Waals surface area (Å²) in [6, 6.07) is 0.194. The number of piperidine rings is 1. The standard InChI is InChI=1S/C11H13BrN6O.ClH/c12-7-5-14-11-16-9(17-18(11)6-7)10(19)15-8-1-3-13-4-2-8;/h5-6,8,13H,1-4H2,(H,15,19);1H. The lowest BCUT2D eigenvalue weighted by molar-refractivity contribution is 0.0919. The Kier molecular flexibility index (Phi) is 4.90. The van der Waals surface area contributed by atoms with Crippen LogP contribution in [0.15, 0.2) is 16.9 Å². The molecule has 7 nitrogen and oxygen atoms in total. The normalized spacial score (nSPS) is 15.8. The molecule has 0 saturated carbocycles. The number of nitrogens with zero attached hydrogens (tertiary/aromatic N) is 4. The van der Waals surface area contributed by atoms with Crippen molar-refractivity contribution in [2.45, 2.75) is 18.9 Å². The van der Waals surface area contributed by atoms with E-state index in [1.807, 2.05) is 0 Å². The Morgan fingerprint density at radius 1 is 1.45 bits per heavy atom. The van der Waals surface area contributed by atoms with Gasteiger partial charge in [-0.1, -0.05) is 0 Å². The van der Waals surface area contributed by atoms with Crippen LogP contribution in [0.2, 0.25) is 0 Å². The van der Waals surface area contributed by atoms with Crippen LogP contribution in [0, 0.1) is 0 Å². The average Bonchev–Trinajstić information content (AvgIpc) is 2.83. The third kappa shape index (κ3) is 3.25. The van der Waals surface area contributed by atoms with E-state index >= 15 is 0 Å². The molecule has 0 atom stereocenters. The van der Waals surface area contributed by atoms with E-state index < -0.39 is 0 Å². The van der Waals surface area contributed by atoms with Gasteiger partial charge in [-0.2, -0.15) is 4.98 Å². The number of nitrogens with one attached hydrogen (secondary N) is 2. The predicted octanol–water partition coefficient (Wildman–Crippen LogP) is 0.790. The van der Waals surface area contributed by atoms with E-state index in [4.69, 9.17) is 0 Å². The van der Waals surface area contributed by atoms with Crippen molar-refractivity contribution in [1.29, 1.82) is 0 Å². The second-order valence-corrected chi connectivity index (χ2v) is 5.37. The van der Waals surface area contributed by atoms with E-state index in [1.165, 1.54) is 4.52 Å². The summed E-state index contributed by atoms with van der Waals surface area (Å²) in [4.78, 5) is 20.3. The summed E-state index contributed by atoms with van der Waals surface area (Å²) in [5, 5.41) is 10.3. The minimum absolute atomic E-state index is 0. The molecule has 1 aliphatic rings. The lowest BCUT2D eigenvalue weighted by atomic mass is 10.1. The first-order chi connectivity index (χ1) is 9.22. The van der Waals surface area contributed by atoms with Crippen molar-refractivity contribution in [2.24, 2.45) is 0 Å². The molecule has 1 saturated heterocycles. The number of aromatic nitrogens is 4. The summed E-state index contributed by atoms with van der Waals surface area (Å²) in [6.45, 7) is 1.86. The summed E-state index contributed by atoms with van der Waals surface area (Å²) >= 11 is 3.30.